The molecule has 2 amide bonds. The van der Waals surface area contributed by atoms with E-state index in [4.69, 9.17) is 16.3 Å². The van der Waals surface area contributed by atoms with Gasteiger partial charge in [0, 0.05) is 10.6 Å². The molecule has 0 unspecified atom stereocenters. The van der Waals surface area contributed by atoms with Gasteiger partial charge in [-0.1, -0.05) is 11.6 Å². The highest BCUT2D eigenvalue weighted by Gasteiger charge is 2.24. The van der Waals surface area contributed by atoms with Crippen molar-refractivity contribution >= 4 is 23.6 Å². The molecule has 2 heterocycles. The standard InChI is InChI=1S/C15H15ClN6O3/c1-2-25-14(23)11-7-17-15(24)18-12(11)8-22-20-13(19-21-22)9-3-5-10(16)6-4-9/h3-6H,2,7-8H2,1H3,(H2,17,18,24). The zero-order valence-electron chi connectivity index (χ0n) is 13.3. The summed E-state index contributed by atoms with van der Waals surface area (Å²) in [5.74, 6) is -0.0850. The van der Waals surface area contributed by atoms with Gasteiger partial charge in [-0.3, -0.25) is 0 Å². The van der Waals surface area contributed by atoms with Gasteiger partial charge in [0.25, 0.3) is 0 Å². The summed E-state index contributed by atoms with van der Waals surface area (Å²) in [6, 6.07) is 6.61. The molecular formula is C15H15ClN6O3. The number of carbonyl (C=O) groups is 2. The normalized spacial score (nSPS) is 14.1. The predicted molar refractivity (Wildman–Crippen MR) is 88.5 cm³/mol. The van der Waals surface area contributed by atoms with Gasteiger partial charge < -0.3 is 15.4 Å². The van der Waals surface area contributed by atoms with E-state index >= 15 is 0 Å². The molecular weight excluding hydrogens is 348 g/mol. The molecule has 1 aromatic heterocycles. The fraction of sp³-hybridized carbons (Fsp3) is 0.267. The molecule has 1 aliphatic rings. The average molecular weight is 363 g/mol. The number of carbonyl (C=O) groups excluding carboxylic acids is 2. The number of allylic oxidation sites excluding steroid dienone is 1. The van der Waals surface area contributed by atoms with Crippen molar-refractivity contribution in [1.82, 2.24) is 30.8 Å². The van der Waals surface area contributed by atoms with Crippen LogP contribution in [0, 0.1) is 0 Å². The summed E-state index contributed by atoms with van der Waals surface area (Å²) in [6.07, 6.45) is 0. The Kier molecular flexibility index (Phi) is 4.94. The van der Waals surface area contributed by atoms with Crippen LogP contribution in [0.3, 0.4) is 0 Å². The number of rotatable bonds is 5. The van der Waals surface area contributed by atoms with E-state index in [1.807, 2.05) is 0 Å². The molecule has 0 saturated carbocycles. The molecule has 0 aliphatic carbocycles. The van der Waals surface area contributed by atoms with Crippen molar-refractivity contribution in [2.24, 2.45) is 0 Å². The number of aromatic nitrogens is 4. The van der Waals surface area contributed by atoms with Crippen LogP contribution in [0.15, 0.2) is 35.5 Å². The molecule has 0 spiro atoms. The van der Waals surface area contributed by atoms with Gasteiger partial charge in [-0.15, -0.1) is 10.2 Å². The van der Waals surface area contributed by atoms with Gasteiger partial charge in [0.05, 0.1) is 24.4 Å². The molecule has 3 rings (SSSR count). The summed E-state index contributed by atoms with van der Waals surface area (Å²) in [5, 5.41) is 17.9. The third-order valence-electron chi connectivity index (χ3n) is 3.43. The first-order chi connectivity index (χ1) is 12.1. The summed E-state index contributed by atoms with van der Waals surface area (Å²) in [6.45, 7) is 2.12. The molecule has 0 atom stereocenters. The lowest BCUT2D eigenvalue weighted by atomic mass is 10.1. The molecule has 0 saturated heterocycles. The Hall–Kier alpha value is -2.94. The quantitative estimate of drug-likeness (QED) is 0.771. The lowest BCUT2D eigenvalue weighted by Crippen LogP contribution is -2.45. The maximum absolute atomic E-state index is 12.0. The van der Waals surface area contributed by atoms with E-state index in [1.54, 1.807) is 31.2 Å². The maximum atomic E-state index is 12.0. The van der Waals surface area contributed by atoms with E-state index < -0.39 is 12.0 Å². The minimum atomic E-state index is -0.497. The Bertz CT molecular complexity index is 830. The van der Waals surface area contributed by atoms with Crippen molar-refractivity contribution in [1.29, 1.82) is 0 Å². The smallest absolute Gasteiger partial charge is 0.337 e. The largest absolute Gasteiger partial charge is 0.463 e. The molecule has 2 aromatic rings. The number of esters is 1. The number of amides is 2. The zero-order valence-corrected chi connectivity index (χ0v) is 14.1. The Morgan fingerprint density at radius 3 is 2.84 bits per heavy atom. The molecule has 9 nitrogen and oxygen atoms in total. The van der Waals surface area contributed by atoms with Gasteiger partial charge in [-0.2, -0.15) is 4.80 Å². The first-order valence-electron chi connectivity index (χ1n) is 7.54. The van der Waals surface area contributed by atoms with Crippen molar-refractivity contribution in [2.45, 2.75) is 13.5 Å². The van der Waals surface area contributed by atoms with E-state index in [1.165, 1.54) is 4.80 Å². The third-order valence-corrected chi connectivity index (χ3v) is 3.68. The number of urea groups is 1. The van der Waals surface area contributed by atoms with E-state index in [2.05, 4.69) is 26.0 Å². The number of benzene rings is 1. The highest BCUT2D eigenvalue weighted by molar-refractivity contribution is 6.30. The third kappa shape index (κ3) is 3.94. The molecule has 0 radical (unpaired) electrons. The minimum absolute atomic E-state index is 0.0821. The maximum Gasteiger partial charge on any atom is 0.337 e. The van der Waals surface area contributed by atoms with Crippen LogP contribution in [-0.2, 0) is 16.1 Å². The molecule has 2 N–H and O–H groups in total. The van der Waals surface area contributed by atoms with Gasteiger partial charge in [-0.25, -0.2) is 9.59 Å². The van der Waals surface area contributed by atoms with E-state index in [-0.39, 0.29) is 19.7 Å². The lowest BCUT2D eigenvalue weighted by Gasteiger charge is -2.20. The second kappa shape index (κ2) is 7.31. The number of hydrogen-bond donors (Lipinski definition) is 2. The summed E-state index contributed by atoms with van der Waals surface area (Å²) >= 11 is 5.86. The van der Waals surface area contributed by atoms with Gasteiger partial charge in [-0.05, 0) is 36.4 Å². The molecule has 25 heavy (non-hydrogen) atoms. The van der Waals surface area contributed by atoms with Crippen molar-refractivity contribution in [3.8, 4) is 11.4 Å². The molecule has 1 aliphatic heterocycles. The second-order valence-corrected chi connectivity index (χ2v) is 5.57. The van der Waals surface area contributed by atoms with Gasteiger partial charge in [0.2, 0.25) is 5.82 Å². The summed E-state index contributed by atoms with van der Waals surface area (Å²) in [7, 11) is 0. The first-order valence-corrected chi connectivity index (χ1v) is 7.92. The number of nitrogens with one attached hydrogen (secondary N) is 2. The number of tetrazole rings is 1. The number of ether oxygens (including phenoxy) is 1. The highest BCUT2D eigenvalue weighted by atomic mass is 35.5. The highest BCUT2D eigenvalue weighted by Crippen LogP contribution is 2.17. The first kappa shape index (κ1) is 16.9. The topological polar surface area (TPSA) is 111 Å². The Labute approximate surface area is 148 Å². The van der Waals surface area contributed by atoms with E-state index in [0.717, 1.165) is 5.56 Å². The Balaban J connectivity index is 1.83. The van der Waals surface area contributed by atoms with Crippen molar-refractivity contribution in [3.63, 3.8) is 0 Å². The number of hydrogen-bond acceptors (Lipinski definition) is 6. The SMILES string of the molecule is CCOC(=O)C1=C(Cn2nnc(-c3ccc(Cl)cc3)n2)NC(=O)NC1. The van der Waals surface area contributed by atoms with Crippen molar-refractivity contribution in [3.05, 3.63) is 40.6 Å². The van der Waals surface area contributed by atoms with Crippen LogP contribution in [-0.4, -0.2) is 45.4 Å². The number of nitrogens with zero attached hydrogens (tertiary/aromatic N) is 4. The van der Waals surface area contributed by atoms with E-state index in [0.29, 0.717) is 22.1 Å². The van der Waals surface area contributed by atoms with Crippen molar-refractivity contribution < 1.29 is 14.3 Å². The summed E-state index contributed by atoms with van der Waals surface area (Å²) in [5.41, 5.74) is 1.46. The summed E-state index contributed by atoms with van der Waals surface area (Å²) < 4.78 is 5.00. The van der Waals surface area contributed by atoms with Crippen LogP contribution in [0.4, 0.5) is 4.79 Å². The van der Waals surface area contributed by atoms with Gasteiger partial charge in [0.1, 0.15) is 6.54 Å². The molecule has 10 heteroatoms. The monoisotopic (exact) mass is 362 g/mol. The van der Waals surface area contributed by atoms with Gasteiger partial charge in [0.15, 0.2) is 0 Å². The minimum Gasteiger partial charge on any atom is -0.463 e. The van der Waals surface area contributed by atoms with E-state index in [9.17, 15) is 9.59 Å². The fourth-order valence-corrected chi connectivity index (χ4v) is 2.37. The molecule has 1 aromatic carbocycles. The average Bonchev–Trinajstić information content (AvgIpc) is 3.04. The van der Waals surface area contributed by atoms with Gasteiger partial charge >= 0.3 is 12.0 Å². The zero-order chi connectivity index (χ0) is 17.8. The second-order valence-electron chi connectivity index (χ2n) is 5.14. The van der Waals surface area contributed by atoms with Crippen LogP contribution in [0.25, 0.3) is 11.4 Å². The van der Waals surface area contributed by atoms with Crippen LogP contribution in [0.5, 0.6) is 0 Å². The van der Waals surface area contributed by atoms with Crippen LogP contribution < -0.4 is 10.6 Å². The lowest BCUT2D eigenvalue weighted by molar-refractivity contribution is -0.138. The molecule has 0 fully saturated rings. The number of halogens is 1. The van der Waals surface area contributed by atoms with Crippen LogP contribution in [0.2, 0.25) is 5.02 Å². The molecule has 130 valence electrons. The fourth-order valence-electron chi connectivity index (χ4n) is 2.25. The Morgan fingerprint density at radius 1 is 1.36 bits per heavy atom. The van der Waals surface area contributed by atoms with Crippen LogP contribution >= 0.6 is 11.6 Å². The van der Waals surface area contributed by atoms with Crippen LogP contribution in [0.1, 0.15) is 6.92 Å². The van der Waals surface area contributed by atoms with Crippen molar-refractivity contribution in [2.75, 3.05) is 13.2 Å². The summed E-state index contributed by atoms with van der Waals surface area (Å²) in [4.78, 5) is 24.9. The predicted octanol–water partition coefficient (Wildman–Crippen LogP) is 1.12. The Morgan fingerprint density at radius 2 is 2.12 bits per heavy atom. The molecule has 0 bridgehead atoms.